The standard InChI is InChI=1S/C19H28N2O5/c1-19(2,3)26-18(24)21-15-10-9-14(11-16(15)22)20-17(23)25-12-13-7-5-4-6-8-13/h4-8,14-16,22H,9-12H2,1-3H3,(H,20,23)(H,21,24). The molecule has 1 aliphatic rings. The largest absolute Gasteiger partial charge is 0.445 e. The number of aliphatic hydroxyl groups excluding tert-OH is 1. The smallest absolute Gasteiger partial charge is 0.407 e. The molecule has 7 nitrogen and oxygen atoms in total. The van der Waals surface area contributed by atoms with E-state index in [0.29, 0.717) is 19.3 Å². The molecule has 0 radical (unpaired) electrons. The van der Waals surface area contributed by atoms with Crippen molar-refractivity contribution in [1.29, 1.82) is 0 Å². The van der Waals surface area contributed by atoms with Crippen molar-refractivity contribution in [3.8, 4) is 0 Å². The number of aliphatic hydroxyl groups is 1. The molecule has 0 aromatic heterocycles. The first kappa shape index (κ1) is 20.0. The zero-order valence-corrected chi connectivity index (χ0v) is 15.5. The van der Waals surface area contributed by atoms with Gasteiger partial charge in [0.2, 0.25) is 0 Å². The Morgan fingerprint density at radius 3 is 2.42 bits per heavy atom. The second-order valence-electron chi connectivity index (χ2n) is 7.54. The van der Waals surface area contributed by atoms with E-state index in [-0.39, 0.29) is 18.7 Å². The lowest BCUT2D eigenvalue weighted by molar-refractivity contribution is 0.0322. The summed E-state index contributed by atoms with van der Waals surface area (Å²) in [7, 11) is 0. The number of ether oxygens (including phenoxy) is 2. The summed E-state index contributed by atoms with van der Waals surface area (Å²) in [6, 6.07) is 8.84. The van der Waals surface area contributed by atoms with Crippen LogP contribution in [0.25, 0.3) is 0 Å². The third-order valence-electron chi connectivity index (χ3n) is 4.05. The third-order valence-corrected chi connectivity index (χ3v) is 4.05. The van der Waals surface area contributed by atoms with Crippen LogP contribution < -0.4 is 10.6 Å². The van der Waals surface area contributed by atoms with Crippen LogP contribution in [-0.4, -0.2) is 41.1 Å². The average molecular weight is 364 g/mol. The maximum absolute atomic E-state index is 11.9. The van der Waals surface area contributed by atoms with Crippen LogP contribution in [0.3, 0.4) is 0 Å². The molecule has 7 heteroatoms. The molecule has 0 heterocycles. The molecule has 0 bridgehead atoms. The molecule has 144 valence electrons. The van der Waals surface area contributed by atoms with Gasteiger partial charge in [0.15, 0.2) is 0 Å². The lowest BCUT2D eigenvalue weighted by Crippen LogP contribution is -2.52. The van der Waals surface area contributed by atoms with Gasteiger partial charge in [-0.15, -0.1) is 0 Å². The summed E-state index contributed by atoms with van der Waals surface area (Å²) in [5, 5.41) is 15.7. The molecule has 1 aliphatic carbocycles. The van der Waals surface area contributed by atoms with Crippen molar-refractivity contribution in [1.82, 2.24) is 10.6 Å². The third kappa shape index (κ3) is 6.92. The summed E-state index contributed by atoms with van der Waals surface area (Å²) in [5.74, 6) is 0. The van der Waals surface area contributed by atoms with Crippen LogP contribution in [0.15, 0.2) is 30.3 Å². The van der Waals surface area contributed by atoms with E-state index < -0.39 is 23.9 Å². The Morgan fingerprint density at radius 2 is 1.81 bits per heavy atom. The van der Waals surface area contributed by atoms with Crippen molar-refractivity contribution in [3.63, 3.8) is 0 Å². The SMILES string of the molecule is CC(C)(C)OC(=O)NC1CCC(NC(=O)OCc2ccccc2)CC1O. The molecule has 0 spiro atoms. The fraction of sp³-hybridized carbons (Fsp3) is 0.579. The van der Waals surface area contributed by atoms with E-state index >= 15 is 0 Å². The van der Waals surface area contributed by atoms with Crippen LogP contribution in [0, 0.1) is 0 Å². The normalized spacial score (nSPS) is 23.0. The zero-order valence-electron chi connectivity index (χ0n) is 15.5. The Bertz CT molecular complexity index is 600. The van der Waals surface area contributed by atoms with Gasteiger partial charge in [0, 0.05) is 6.04 Å². The van der Waals surface area contributed by atoms with Gasteiger partial charge < -0.3 is 25.2 Å². The minimum Gasteiger partial charge on any atom is -0.445 e. The predicted molar refractivity (Wildman–Crippen MR) is 96.6 cm³/mol. The number of nitrogens with one attached hydrogen (secondary N) is 2. The van der Waals surface area contributed by atoms with E-state index in [0.717, 1.165) is 5.56 Å². The highest BCUT2D eigenvalue weighted by molar-refractivity contribution is 5.68. The number of benzene rings is 1. The molecule has 3 N–H and O–H groups in total. The van der Waals surface area contributed by atoms with Crippen LogP contribution in [0.2, 0.25) is 0 Å². The van der Waals surface area contributed by atoms with Gasteiger partial charge in [-0.05, 0) is 45.6 Å². The summed E-state index contributed by atoms with van der Waals surface area (Å²) in [4.78, 5) is 23.7. The van der Waals surface area contributed by atoms with Crippen LogP contribution in [-0.2, 0) is 16.1 Å². The van der Waals surface area contributed by atoms with Crippen LogP contribution >= 0.6 is 0 Å². The quantitative estimate of drug-likeness (QED) is 0.763. The van der Waals surface area contributed by atoms with Gasteiger partial charge in [-0.1, -0.05) is 30.3 Å². The Balaban J connectivity index is 1.72. The first-order chi connectivity index (χ1) is 12.2. The molecule has 1 aromatic carbocycles. The monoisotopic (exact) mass is 364 g/mol. The minimum atomic E-state index is -0.754. The topological polar surface area (TPSA) is 96.9 Å². The van der Waals surface area contributed by atoms with Gasteiger partial charge in [-0.2, -0.15) is 0 Å². The maximum atomic E-state index is 11.9. The summed E-state index contributed by atoms with van der Waals surface area (Å²) in [6.45, 7) is 5.55. The van der Waals surface area contributed by atoms with Gasteiger partial charge in [0.1, 0.15) is 12.2 Å². The number of hydrogen-bond donors (Lipinski definition) is 3. The van der Waals surface area contributed by atoms with E-state index in [1.165, 1.54) is 0 Å². The van der Waals surface area contributed by atoms with Crippen LogP contribution in [0.1, 0.15) is 45.6 Å². The predicted octanol–water partition coefficient (Wildman–Crippen LogP) is 2.72. The zero-order chi connectivity index (χ0) is 19.2. The molecule has 3 atom stereocenters. The summed E-state index contributed by atoms with van der Waals surface area (Å²) >= 11 is 0. The van der Waals surface area contributed by atoms with Gasteiger partial charge in [0.05, 0.1) is 12.1 Å². The average Bonchev–Trinajstić information content (AvgIpc) is 2.55. The second-order valence-corrected chi connectivity index (χ2v) is 7.54. The Hall–Kier alpha value is -2.28. The van der Waals surface area contributed by atoms with Gasteiger partial charge in [0.25, 0.3) is 0 Å². The lowest BCUT2D eigenvalue weighted by Gasteiger charge is -2.34. The first-order valence-corrected chi connectivity index (χ1v) is 8.88. The molecule has 1 saturated carbocycles. The molecule has 26 heavy (non-hydrogen) atoms. The Labute approximate surface area is 154 Å². The van der Waals surface area contributed by atoms with Gasteiger partial charge >= 0.3 is 12.2 Å². The van der Waals surface area contributed by atoms with Crippen molar-refractivity contribution >= 4 is 12.2 Å². The fourth-order valence-corrected chi connectivity index (χ4v) is 2.84. The number of rotatable bonds is 4. The molecule has 3 unspecified atom stereocenters. The van der Waals surface area contributed by atoms with E-state index in [9.17, 15) is 14.7 Å². The molecule has 1 aromatic rings. The van der Waals surface area contributed by atoms with Crippen LogP contribution in [0.4, 0.5) is 9.59 Å². The number of amides is 2. The maximum Gasteiger partial charge on any atom is 0.407 e. The molecule has 1 fully saturated rings. The molecular weight excluding hydrogens is 336 g/mol. The van der Waals surface area contributed by atoms with Crippen molar-refractivity contribution in [2.24, 2.45) is 0 Å². The van der Waals surface area contributed by atoms with Crippen molar-refractivity contribution in [3.05, 3.63) is 35.9 Å². The van der Waals surface area contributed by atoms with E-state index in [4.69, 9.17) is 9.47 Å². The van der Waals surface area contributed by atoms with E-state index in [2.05, 4.69) is 10.6 Å². The Kier molecular flexibility index (Phi) is 6.85. The molecule has 0 saturated heterocycles. The highest BCUT2D eigenvalue weighted by Crippen LogP contribution is 2.20. The Morgan fingerprint density at radius 1 is 1.12 bits per heavy atom. The lowest BCUT2D eigenvalue weighted by atomic mass is 9.89. The molecule has 2 rings (SSSR count). The first-order valence-electron chi connectivity index (χ1n) is 8.88. The van der Waals surface area contributed by atoms with Crippen molar-refractivity contribution in [2.75, 3.05) is 0 Å². The number of hydrogen-bond acceptors (Lipinski definition) is 5. The van der Waals surface area contributed by atoms with Crippen LogP contribution in [0.5, 0.6) is 0 Å². The molecular formula is C19H28N2O5. The minimum absolute atomic E-state index is 0.190. The fourth-order valence-electron chi connectivity index (χ4n) is 2.84. The van der Waals surface area contributed by atoms with Gasteiger partial charge in [-0.3, -0.25) is 0 Å². The van der Waals surface area contributed by atoms with E-state index in [1.807, 2.05) is 30.3 Å². The highest BCUT2D eigenvalue weighted by atomic mass is 16.6. The van der Waals surface area contributed by atoms with Crippen molar-refractivity contribution in [2.45, 2.75) is 70.4 Å². The molecule has 2 amide bonds. The number of alkyl carbamates (subject to hydrolysis) is 2. The van der Waals surface area contributed by atoms with Gasteiger partial charge in [-0.25, -0.2) is 9.59 Å². The summed E-state index contributed by atoms with van der Waals surface area (Å²) in [5.41, 5.74) is 0.323. The van der Waals surface area contributed by atoms with Crippen molar-refractivity contribution < 1.29 is 24.2 Å². The summed E-state index contributed by atoms with van der Waals surface area (Å²) < 4.78 is 10.4. The highest BCUT2D eigenvalue weighted by Gasteiger charge is 2.32. The number of carbonyl (C=O) groups excluding carboxylic acids is 2. The second kappa shape index (κ2) is 8.89. The number of carbonyl (C=O) groups is 2. The molecule has 0 aliphatic heterocycles. The summed E-state index contributed by atoms with van der Waals surface area (Å²) in [6.07, 6.45) is -0.279. The van der Waals surface area contributed by atoms with E-state index in [1.54, 1.807) is 20.8 Å².